The zero-order chi connectivity index (χ0) is 15.4. The molecule has 0 aromatic carbocycles. The Balaban J connectivity index is 1.70. The van der Waals surface area contributed by atoms with E-state index in [1.54, 1.807) is 11.8 Å². The number of carboxylic acids is 1. The van der Waals surface area contributed by atoms with E-state index in [0.717, 1.165) is 6.42 Å². The van der Waals surface area contributed by atoms with Gasteiger partial charge in [0.2, 0.25) is 5.91 Å². The number of carbonyl (C=O) groups is 3. The lowest BCUT2D eigenvalue weighted by Crippen LogP contribution is -2.55. The fourth-order valence-corrected chi connectivity index (χ4v) is 2.62. The van der Waals surface area contributed by atoms with Gasteiger partial charge in [-0.1, -0.05) is 0 Å². The van der Waals surface area contributed by atoms with Gasteiger partial charge in [0.05, 0.1) is 0 Å². The predicted molar refractivity (Wildman–Crippen MR) is 74.8 cm³/mol. The Morgan fingerprint density at radius 1 is 1.38 bits per heavy atom. The van der Waals surface area contributed by atoms with Crippen LogP contribution in [0.3, 0.4) is 0 Å². The Labute approximate surface area is 123 Å². The number of nitrogens with zero attached hydrogens (tertiary/aromatic N) is 2. The lowest BCUT2D eigenvalue weighted by Gasteiger charge is -2.36. The summed E-state index contributed by atoms with van der Waals surface area (Å²) in [6, 6.07) is -0.655. The number of nitrogens with one attached hydrogen (secondary N) is 2. The zero-order valence-corrected chi connectivity index (χ0v) is 12.2. The molecule has 2 unspecified atom stereocenters. The molecule has 0 aromatic heterocycles. The summed E-state index contributed by atoms with van der Waals surface area (Å²) >= 11 is 0. The molecule has 2 rings (SSSR count). The molecule has 8 heteroatoms. The van der Waals surface area contributed by atoms with Crippen LogP contribution in [-0.2, 0) is 9.59 Å². The first-order valence-electron chi connectivity index (χ1n) is 7.26. The highest BCUT2D eigenvalue weighted by molar-refractivity contribution is 5.79. The van der Waals surface area contributed by atoms with Gasteiger partial charge < -0.3 is 20.6 Å². The van der Waals surface area contributed by atoms with Crippen LogP contribution in [-0.4, -0.2) is 77.6 Å². The third-order valence-corrected chi connectivity index (χ3v) is 4.09. The van der Waals surface area contributed by atoms with Gasteiger partial charge >= 0.3 is 12.0 Å². The summed E-state index contributed by atoms with van der Waals surface area (Å²) in [6.45, 7) is 4.24. The standard InChI is InChI=1S/C13H22N4O4/c1-9(12(19)20)16-4-6-17(7-5-16)13(21)14-8-10-2-3-11(18)15-10/h9-10H,2-8H2,1H3,(H,14,21)(H,15,18)(H,19,20). The number of amides is 3. The molecular weight excluding hydrogens is 276 g/mol. The van der Waals surface area contributed by atoms with Crippen LogP contribution in [0, 0.1) is 0 Å². The molecule has 2 atom stereocenters. The molecule has 8 nitrogen and oxygen atoms in total. The Morgan fingerprint density at radius 3 is 2.57 bits per heavy atom. The van der Waals surface area contributed by atoms with Crippen LogP contribution in [0.25, 0.3) is 0 Å². The Bertz CT molecular complexity index is 420. The van der Waals surface area contributed by atoms with Crippen molar-refractivity contribution in [3.8, 4) is 0 Å². The second-order valence-corrected chi connectivity index (χ2v) is 5.53. The Kier molecular flexibility index (Phi) is 5.00. The smallest absolute Gasteiger partial charge is 0.320 e. The largest absolute Gasteiger partial charge is 0.480 e. The lowest BCUT2D eigenvalue weighted by molar-refractivity contribution is -0.143. The average Bonchev–Trinajstić information content (AvgIpc) is 2.89. The predicted octanol–water partition coefficient (Wildman–Crippen LogP) is -0.935. The molecular formula is C13H22N4O4. The molecule has 3 N–H and O–H groups in total. The van der Waals surface area contributed by atoms with Crippen LogP contribution in [0.4, 0.5) is 4.79 Å². The van der Waals surface area contributed by atoms with Crippen LogP contribution in [0.15, 0.2) is 0 Å². The molecule has 0 bridgehead atoms. The van der Waals surface area contributed by atoms with Crippen molar-refractivity contribution < 1.29 is 19.5 Å². The molecule has 0 saturated carbocycles. The van der Waals surface area contributed by atoms with Crippen molar-refractivity contribution >= 4 is 17.9 Å². The molecule has 3 amide bonds. The molecule has 0 aliphatic carbocycles. The van der Waals surface area contributed by atoms with Crippen LogP contribution in [0.2, 0.25) is 0 Å². The number of piperazine rings is 1. The monoisotopic (exact) mass is 298 g/mol. The van der Waals surface area contributed by atoms with E-state index in [-0.39, 0.29) is 18.0 Å². The quantitative estimate of drug-likeness (QED) is 0.622. The maximum Gasteiger partial charge on any atom is 0.320 e. The molecule has 2 saturated heterocycles. The topological polar surface area (TPSA) is 102 Å². The van der Waals surface area contributed by atoms with E-state index in [4.69, 9.17) is 5.11 Å². The Hall–Kier alpha value is -1.83. The van der Waals surface area contributed by atoms with Crippen molar-refractivity contribution in [2.75, 3.05) is 32.7 Å². The lowest BCUT2D eigenvalue weighted by atomic mass is 10.2. The number of urea groups is 1. The fourth-order valence-electron chi connectivity index (χ4n) is 2.62. The van der Waals surface area contributed by atoms with Crippen molar-refractivity contribution in [2.24, 2.45) is 0 Å². The summed E-state index contributed by atoms with van der Waals surface area (Å²) in [7, 11) is 0. The fraction of sp³-hybridized carbons (Fsp3) is 0.769. The minimum atomic E-state index is -0.843. The summed E-state index contributed by atoms with van der Waals surface area (Å²) in [5, 5.41) is 14.6. The van der Waals surface area contributed by atoms with Gasteiger partial charge in [-0.2, -0.15) is 0 Å². The third-order valence-electron chi connectivity index (χ3n) is 4.09. The highest BCUT2D eigenvalue weighted by Gasteiger charge is 2.28. The first-order chi connectivity index (χ1) is 9.97. The first kappa shape index (κ1) is 15.6. The van der Waals surface area contributed by atoms with E-state index < -0.39 is 12.0 Å². The summed E-state index contributed by atoms with van der Waals surface area (Å²) in [5.41, 5.74) is 0. The molecule has 0 radical (unpaired) electrons. The minimum Gasteiger partial charge on any atom is -0.480 e. The van der Waals surface area contributed by atoms with Gasteiger partial charge in [-0.05, 0) is 13.3 Å². The highest BCUT2D eigenvalue weighted by atomic mass is 16.4. The van der Waals surface area contributed by atoms with Gasteiger partial charge in [0.1, 0.15) is 6.04 Å². The summed E-state index contributed by atoms with van der Waals surface area (Å²) < 4.78 is 0. The molecule has 2 fully saturated rings. The van der Waals surface area contributed by atoms with E-state index in [1.807, 2.05) is 4.90 Å². The number of aliphatic carboxylic acids is 1. The van der Waals surface area contributed by atoms with Gasteiger partial charge in [0.15, 0.2) is 0 Å². The molecule has 0 aromatic rings. The first-order valence-corrected chi connectivity index (χ1v) is 7.26. The number of carbonyl (C=O) groups excluding carboxylic acids is 2. The Morgan fingerprint density at radius 2 is 2.05 bits per heavy atom. The van der Waals surface area contributed by atoms with Crippen LogP contribution >= 0.6 is 0 Å². The third kappa shape index (κ3) is 4.07. The maximum absolute atomic E-state index is 12.0. The number of hydrogen-bond acceptors (Lipinski definition) is 4. The molecule has 0 spiro atoms. The van der Waals surface area contributed by atoms with E-state index in [1.165, 1.54) is 0 Å². The van der Waals surface area contributed by atoms with Gasteiger partial charge in [0, 0.05) is 45.2 Å². The van der Waals surface area contributed by atoms with Crippen LogP contribution < -0.4 is 10.6 Å². The average molecular weight is 298 g/mol. The second-order valence-electron chi connectivity index (χ2n) is 5.53. The van der Waals surface area contributed by atoms with E-state index in [9.17, 15) is 14.4 Å². The number of hydrogen-bond donors (Lipinski definition) is 3. The van der Waals surface area contributed by atoms with Crippen molar-refractivity contribution in [1.29, 1.82) is 0 Å². The summed E-state index contributed by atoms with van der Waals surface area (Å²) in [4.78, 5) is 37.5. The van der Waals surface area contributed by atoms with Crippen LogP contribution in [0.1, 0.15) is 19.8 Å². The number of rotatable bonds is 4. The minimum absolute atomic E-state index is 0.0229. The van der Waals surface area contributed by atoms with Crippen LogP contribution in [0.5, 0.6) is 0 Å². The highest BCUT2D eigenvalue weighted by Crippen LogP contribution is 2.08. The molecule has 2 aliphatic heterocycles. The summed E-state index contributed by atoms with van der Waals surface area (Å²) in [6.07, 6.45) is 1.27. The second kappa shape index (κ2) is 6.75. The zero-order valence-electron chi connectivity index (χ0n) is 12.2. The maximum atomic E-state index is 12.0. The molecule has 118 valence electrons. The summed E-state index contributed by atoms with van der Waals surface area (Å²) in [5.74, 6) is -0.810. The van der Waals surface area contributed by atoms with Gasteiger partial charge in [-0.15, -0.1) is 0 Å². The van der Waals surface area contributed by atoms with E-state index in [2.05, 4.69) is 10.6 Å². The van der Waals surface area contributed by atoms with E-state index in [0.29, 0.717) is 39.1 Å². The SMILES string of the molecule is CC(C(=O)O)N1CCN(C(=O)NCC2CCC(=O)N2)CC1. The van der Waals surface area contributed by atoms with E-state index >= 15 is 0 Å². The molecule has 2 heterocycles. The molecule has 2 aliphatic rings. The van der Waals surface area contributed by atoms with Crippen molar-refractivity contribution in [2.45, 2.75) is 31.8 Å². The van der Waals surface area contributed by atoms with Gasteiger partial charge in [-0.25, -0.2) is 4.79 Å². The van der Waals surface area contributed by atoms with Gasteiger partial charge in [0.25, 0.3) is 0 Å². The van der Waals surface area contributed by atoms with Crippen molar-refractivity contribution in [3.63, 3.8) is 0 Å². The number of carboxylic acid groups (broad SMARTS) is 1. The van der Waals surface area contributed by atoms with Crippen molar-refractivity contribution in [1.82, 2.24) is 20.4 Å². The van der Waals surface area contributed by atoms with Crippen molar-refractivity contribution in [3.05, 3.63) is 0 Å². The molecule has 21 heavy (non-hydrogen) atoms. The normalized spacial score (nSPS) is 24.5. The van der Waals surface area contributed by atoms with Gasteiger partial charge in [-0.3, -0.25) is 14.5 Å².